The number of carbonyl (C=O) groups is 4. The van der Waals surface area contributed by atoms with Crippen LogP contribution >= 0.6 is 0 Å². The van der Waals surface area contributed by atoms with Crippen LogP contribution in [0.4, 0.5) is 0 Å². The van der Waals surface area contributed by atoms with Crippen molar-refractivity contribution in [3.63, 3.8) is 0 Å². The SMILES string of the molecule is C.CC(=O)O.CC(=O)O.CCC1=C(C)C(=O)N=C1Cc1[nH]c(C)c(C)c1C.CCC1=CC(Cc2[nH]cc(C)c2C)=NC1=O. The molecule has 0 spiro atoms. The fraction of sp³-hybridized carbons (Fsp3) is 0.455. The zero-order chi connectivity index (χ0) is 32.3. The first-order valence-corrected chi connectivity index (χ1v) is 13.8. The summed E-state index contributed by atoms with van der Waals surface area (Å²) in [5.74, 6) is -1.81. The van der Waals surface area contributed by atoms with Crippen molar-refractivity contribution < 1.29 is 29.4 Å². The lowest BCUT2D eigenvalue weighted by Crippen LogP contribution is -2.06. The molecular formula is C33H48N4O6. The number of aryl methyl sites for hydroxylation is 2. The largest absolute Gasteiger partial charge is 0.481 e. The standard InChI is InChI=1S/C15H20N2O.C13H16N2O.2C2H4O2.CH4/c1-6-12-10(4)15(18)17-14(12)7-13-9(3)8(2)11(5)16-13;1-4-10-5-11(15-13(10)16)6-12-9(3)8(2)7-14-12;2*1-2(3)4;/h16H,6-7H2,1-5H3;5,7,14H,4,6H2,1-3H3;2*1H3,(H,3,4);1H4. The Kier molecular flexibility index (Phi) is 15.8. The molecule has 2 aromatic rings. The number of allylic oxidation sites excluding steroid dienone is 2. The molecule has 0 unspecified atom stereocenters. The highest BCUT2D eigenvalue weighted by Gasteiger charge is 2.23. The van der Waals surface area contributed by atoms with Gasteiger partial charge in [0.1, 0.15) is 0 Å². The molecule has 0 aliphatic carbocycles. The number of amides is 2. The molecule has 0 aromatic carbocycles. The number of carboxylic acid groups (broad SMARTS) is 2. The zero-order valence-corrected chi connectivity index (χ0v) is 26.4. The summed E-state index contributed by atoms with van der Waals surface area (Å²) in [6, 6.07) is 0. The van der Waals surface area contributed by atoms with E-state index >= 15 is 0 Å². The van der Waals surface area contributed by atoms with Crippen LogP contribution in [0.1, 0.15) is 94.2 Å². The van der Waals surface area contributed by atoms with Crippen LogP contribution in [-0.2, 0) is 32.0 Å². The second kappa shape index (κ2) is 17.6. The maximum absolute atomic E-state index is 11.6. The number of hydrogen-bond acceptors (Lipinski definition) is 4. The number of aromatic amines is 2. The second-order valence-electron chi connectivity index (χ2n) is 10.2. The molecule has 0 bridgehead atoms. The molecule has 0 saturated carbocycles. The van der Waals surface area contributed by atoms with Crippen molar-refractivity contribution in [3.8, 4) is 0 Å². The van der Waals surface area contributed by atoms with Crippen LogP contribution in [0.25, 0.3) is 0 Å². The molecule has 10 heteroatoms. The van der Waals surface area contributed by atoms with Crippen molar-refractivity contribution in [2.24, 2.45) is 9.98 Å². The molecular weight excluding hydrogens is 548 g/mol. The minimum absolute atomic E-state index is 0. The van der Waals surface area contributed by atoms with Crippen molar-refractivity contribution in [1.82, 2.24) is 9.97 Å². The quantitative estimate of drug-likeness (QED) is 0.297. The summed E-state index contributed by atoms with van der Waals surface area (Å²) in [6.45, 7) is 18.6. The van der Waals surface area contributed by atoms with E-state index in [2.05, 4.69) is 61.5 Å². The topological polar surface area (TPSA) is 165 Å². The molecule has 2 aromatic heterocycles. The minimum Gasteiger partial charge on any atom is -0.481 e. The van der Waals surface area contributed by atoms with Gasteiger partial charge in [-0.15, -0.1) is 0 Å². The van der Waals surface area contributed by atoms with Crippen LogP contribution in [-0.4, -0.2) is 55.4 Å². The second-order valence-corrected chi connectivity index (χ2v) is 10.2. The zero-order valence-electron chi connectivity index (χ0n) is 26.4. The van der Waals surface area contributed by atoms with Crippen LogP contribution < -0.4 is 0 Å². The highest BCUT2D eigenvalue weighted by atomic mass is 16.4. The van der Waals surface area contributed by atoms with Gasteiger partial charge in [0, 0.05) is 61.1 Å². The lowest BCUT2D eigenvalue weighted by atomic mass is 9.99. The molecule has 2 aliphatic rings. The van der Waals surface area contributed by atoms with Gasteiger partial charge in [0.2, 0.25) is 0 Å². The van der Waals surface area contributed by atoms with E-state index < -0.39 is 11.9 Å². The average molecular weight is 597 g/mol. The van der Waals surface area contributed by atoms with E-state index in [1.54, 1.807) is 0 Å². The number of rotatable bonds is 6. The van der Waals surface area contributed by atoms with Gasteiger partial charge >= 0.3 is 0 Å². The van der Waals surface area contributed by atoms with Gasteiger partial charge in [-0.25, -0.2) is 9.98 Å². The molecule has 0 saturated heterocycles. The van der Waals surface area contributed by atoms with Gasteiger partial charge in [-0.2, -0.15) is 0 Å². The molecule has 0 radical (unpaired) electrons. The molecule has 236 valence electrons. The van der Waals surface area contributed by atoms with Crippen molar-refractivity contribution in [3.05, 3.63) is 68.3 Å². The molecule has 2 aliphatic heterocycles. The molecule has 4 rings (SSSR count). The summed E-state index contributed by atoms with van der Waals surface area (Å²) in [6.07, 6.45) is 6.98. The number of hydrogen-bond donors (Lipinski definition) is 4. The van der Waals surface area contributed by atoms with E-state index in [9.17, 15) is 9.59 Å². The third-order valence-electron chi connectivity index (χ3n) is 7.08. The van der Waals surface area contributed by atoms with Gasteiger partial charge in [0.25, 0.3) is 23.8 Å². The molecule has 43 heavy (non-hydrogen) atoms. The Morgan fingerprint density at radius 2 is 1.35 bits per heavy atom. The maximum atomic E-state index is 11.6. The average Bonchev–Trinajstić information content (AvgIpc) is 3.57. The Balaban J connectivity index is 0.000000648. The Labute approximate surface area is 255 Å². The predicted molar refractivity (Wildman–Crippen MR) is 172 cm³/mol. The molecule has 2 amide bonds. The summed E-state index contributed by atoms with van der Waals surface area (Å²) in [7, 11) is 0. The van der Waals surface area contributed by atoms with Crippen LogP contribution in [0.3, 0.4) is 0 Å². The number of carboxylic acids is 2. The smallest absolute Gasteiger partial charge is 0.300 e. The van der Waals surface area contributed by atoms with Crippen molar-refractivity contribution in [1.29, 1.82) is 0 Å². The van der Waals surface area contributed by atoms with Crippen molar-refractivity contribution in [2.45, 2.75) is 102 Å². The fourth-order valence-corrected chi connectivity index (χ4v) is 4.36. The lowest BCUT2D eigenvalue weighted by Gasteiger charge is -2.05. The molecule has 0 fully saturated rings. The minimum atomic E-state index is -0.833. The van der Waals surface area contributed by atoms with Crippen LogP contribution in [0.15, 0.2) is 39.0 Å². The third kappa shape index (κ3) is 11.5. The number of aromatic nitrogens is 2. The highest BCUT2D eigenvalue weighted by molar-refractivity contribution is 6.19. The van der Waals surface area contributed by atoms with Gasteiger partial charge in [-0.1, -0.05) is 21.3 Å². The van der Waals surface area contributed by atoms with E-state index in [1.807, 2.05) is 26.1 Å². The van der Waals surface area contributed by atoms with E-state index in [1.165, 1.54) is 33.6 Å². The van der Waals surface area contributed by atoms with Crippen molar-refractivity contribution in [2.75, 3.05) is 0 Å². The number of nitrogens with one attached hydrogen (secondary N) is 2. The molecule has 10 nitrogen and oxygen atoms in total. The first-order chi connectivity index (χ1) is 19.5. The van der Waals surface area contributed by atoms with Crippen LogP contribution in [0, 0.1) is 34.6 Å². The number of H-pyrrole nitrogens is 2. The van der Waals surface area contributed by atoms with Gasteiger partial charge in [-0.05, 0) is 88.3 Å². The predicted octanol–water partition coefficient (Wildman–Crippen LogP) is 6.50. The van der Waals surface area contributed by atoms with Crippen LogP contribution in [0.5, 0.6) is 0 Å². The van der Waals surface area contributed by atoms with Crippen LogP contribution in [0.2, 0.25) is 0 Å². The summed E-state index contributed by atoms with van der Waals surface area (Å²) in [5, 5.41) is 14.8. The summed E-state index contributed by atoms with van der Waals surface area (Å²) >= 11 is 0. The number of nitrogens with zero attached hydrogens (tertiary/aromatic N) is 2. The lowest BCUT2D eigenvalue weighted by molar-refractivity contribution is -0.135. The number of aliphatic carboxylic acids is 2. The monoisotopic (exact) mass is 596 g/mol. The summed E-state index contributed by atoms with van der Waals surface area (Å²) < 4.78 is 0. The first kappa shape index (κ1) is 38.7. The van der Waals surface area contributed by atoms with Gasteiger partial charge in [0.15, 0.2) is 0 Å². The molecule has 4 N–H and O–H groups in total. The molecule has 4 heterocycles. The Morgan fingerprint density at radius 1 is 0.791 bits per heavy atom. The van der Waals surface area contributed by atoms with Gasteiger partial charge in [-0.3, -0.25) is 19.2 Å². The Morgan fingerprint density at radius 3 is 1.74 bits per heavy atom. The van der Waals surface area contributed by atoms with Gasteiger partial charge in [0.05, 0.1) is 11.4 Å². The van der Waals surface area contributed by atoms with Crippen molar-refractivity contribution >= 4 is 35.2 Å². The summed E-state index contributed by atoms with van der Waals surface area (Å²) in [5.41, 5.74) is 13.2. The molecule has 0 atom stereocenters. The Bertz CT molecular complexity index is 1440. The van der Waals surface area contributed by atoms with E-state index in [4.69, 9.17) is 19.8 Å². The summed E-state index contributed by atoms with van der Waals surface area (Å²) in [4.78, 5) is 55.9. The number of carbonyl (C=O) groups excluding carboxylic acids is 2. The maximum Gasteiger partial charge on any atom is 0.300 e. The first-order valence-electron chi connectivity index (χ1n) is 13.8. The normalized spacial score (nSPS) is 13.4. The fourth-order valence-electron chi connectivity index (χ4n) is 4.36. The van der Waals surface area contributed by atoms with E-state index in [0.717, 1.165) is 73.4 Å². The Hall–Kier alpha value is -4.34. The van der Waals surface area contributed by atoms with E-state index in [0.29, 0.717) is 0 Å². The third-order valence-corrected chi connectivity index (χ3v) is 7.08. The highest BCUT2D eigenvalue weighted by Crippen LogP contribution is 2.24. The number of aliphatic imine (C=N–C) groups is 2. The van der Waals surface area contributed by atoms with E-state index in [-0.39, 0.29) is 19.2 Å². The van der Waals surface area contributed by atoms with Gasteiger partial charge < -0.3 is 20.2 Å².